The van der Waals surface area contributed by atoms with E-state index >= 15 is 0 Å². The van der Waals surface area contributed by atoms with Gasteiger partial charge in [0.25, 0.3) is 5.91 Å². The molecule has 34 heavy (non-hydrogen) atoms. The fourth-order valence-electron chi connectivity index (χ4n) is 3.67. The van der Waals surface area contributed by atoms with Crippen LogP contribution in [-0.4, -0.2) is 46.0 Å². The minimum atomic E-state index is -0.123. The zero-order valence-corrected chi connectivity index (χ0v) is 20.4. The summed E-state index contributed by atoms with van der Waals surface area (Å²) in [5, 5.41) is 6.93. The van der Waals surface area contributed by atoms with Gasteiger partial charge in [0, 0.05) is 55.0 Å². The van der Waals surface area contributed by atoms with Gasteiger partial charge in [-0.05, 0) is 24.6 Å². The van der Waals surface area contributed by atoms with E-state index in [2.05, 4.69) is 37.5 Å². The lowest BCUT2D eigenvalue weighted by molar-refractivity contribution is 0.0964. The molecule has 1 amide bonds. The van der Waals surface area contributed by atoms with E-state index in [-0.39, 0.29) is 25.3 Å². The van der Waals surface area contributed by atoms with Crippen molar-refractivity contribution < 1.29 is 9.53 Å². The molecule has 4 aromatic rings. The Morgan fingerprint density at radius 1 is 1.09 bits per heavy atom. The standard InChI is InChI=1S/C25H26N6O2.H2S/c1-4-33-23-9-8-17(14-29-23)21-12-22(31-15-30-21)28-13-16(2)18-6-5-7-19-20(25(32)26-3)10-11-27-24(18)19;/h5-12,14-16H,4,13H2,1-3H3,(H,26,32)(H,28,30,31);1H2/t16-;/m1./s1. The number of rotatable bonds is 8. The molecule has 8 nitrogen and oxygen atoms in total. The smallest absolute Gasteiger partial charge is 0.251 e. The van der Waals surface area contributed by atoms with Crippen molar-refractivity contribution in [1.29, 1.82) is 0 Å². The van der Waals surface area contributed by atoms with E-state index in [1.165, 1.54) is 6.33 Å². The van der Waals surface area contributed by atoms with Gasteiger partial charge in [-0.3, -0.25) is 9.78 Å². The third-order valence-electron chi connectivity index (χ3n) is 5.39. The lowest BCUT2D eigenvalue weighted by atomic mass is 9.96. The van der Waals surface area contributed by atoms with Crippen molar-refractivity contribution in [3.05, 3.63) is 72.3 Å². The molecule has 0 spiro atoms. The van der Waals surface area contributed by atoms with Crippen molar-refractivity contribution >= 4 is 36.1 Å². The van der Waals surface area contributed by atoms with E-state index in [1.54, 1.807) is 25.5 Å². The molecule has 1 aromatic carbocycles. The zero-order valence-electron chi connectivity index (χ0n) is 19.4. The highest BCUT2D eigenvalue weighted by Crippen LogP contribution is 2.27. The number of aromatic nitrogens is 4. The van der Waals surface area contributed by atoms with Crippen LogP contribution in [0.15, 0.2) is 61.2 Å². The van der Waals surface area contributed by atoms with Crippen LogP contribution >= 0.6 is 13.5 Å². The summed E-state index contributed by atoms with van der Waals surface area (Å²) < 4.78 is 5.40. The molecule has 0 unspecified atom stereocenters. The number of anilines is 1. The maximum atomic E-state index is 12.2. The first-order chi connectivity index (χ1) is 16.1. The van der Waals surface area contributed by atoms with Crippen molar-refractivity contribution in [1.82, 2.24) is 25.3 Å². The zero-order chi connectivity index (χ0) is 23.2. The molecule has 0 aliphatic carbocycles. The number of amides is 1. The Morgan fingerprint density at radius 2 is 1.94 bits per heavy atom. The summed E-state index contributed by atoms with van der Waals surface area (Å²) >= 11 is 0. The summed E-state index contributed by atoms with van der Waals surface area (Å²) in [6.45, 7) is 5.26. The Bertz CT molecular complexity index is 1270. The van der Waals surface area contributed by atoms with Crippen molar-refractivity contribution in [2.45, 2.75) is 19.8 Å². The molecule has 0 saturated heterocycles. The Labute approximate surface area is 205 Å². The predicted octanol–water partition coefficient (Wildman–Crippen LogP) is 4.17. The molecule has 0 aliphatic heterocycles. The number of ether oxygens (including phenoxy) is 1. The van der Waals surface area contributed by atoms with Gasteiger partial charge in [-0.25, -0.2) is 15.0 Å². The summed E-state index contributed by atoms with van der Waals surface area (Å²) in [7, 11) is 1.63. The van der Waals surface area contributed by atoms with Crippen LogP contribution in [0.2, 0.25) is 0 Å². The molecule has 1 atom stereocenters. The maximum Gasteiger partial charge on any atom is 0.251 e. The van der Waals surface area contributed by atoms with Crippen molar-refractivity contribution in [2.75, 3.05) is 25.5 Å². The number of nitrogens with zero attached hydrogens (tertiary/aromatic N) is 4. The first-order valence-corrected chi connectivity index (χ1v) is 10.9. The minimum absolute atomic E-state index is 0. The van der Waals surface area contributed by atoms with Gasteiger partial charge in [0.2, 0.25) is 5.88 Å². The Morgan fingerprint density at radius 3 is 2.68 bits per heavy atom. The monoisotopic (exact) mass is 476 g/mol. The fourth-order valence-corrected chi connectivity index (χ4v) is 3.67. The topological polar surface area (TPSA) is 102 Å². The van der Waals surface area contributed by atoms with E-state index in [9.17, 15) is 4.79 Å². The van der Waals surface area contributed by atoms with Gasteiger partial charge < -0.3 is 15.4 Å². The Hall–Kier alpha value is -3.72. The highest BCUT2D eigenvalue weighted by molar-refractivity contribution is 7.59. The molecule has 3 aromatic heterocycles. The van der Waals surface area contributed by atoms with E-state index in [1.807, 2.05) is 43.3 Å². The highest BCUT2D eigenvalue weighted by atomic mass is 32.1. The molecule has 0 fully saturated rings. The molecule has 0 saturated carbocycles. The summed E-state index contributed by atoms with van der Waals surface area (Å²) in [5.41, 5.74) is 4.18. The number of benzene rings is 1. The summed E-state index contributed by atoms with van der Waals surface area (Å²) in [5.74, 6) is 1.32. The van der Waals surface area contributed by atoms with E-state index < -0.39 is 0 Å². The summed E-state index contributed by atoms with van der Waals surface area (Å²) in [6, 6.07) is 13.3. The van der Waals surface area contributed by atoms with Crippen molar-refractivity contribution in [3.8, 4) is 17.1 Å². The van der Waals surface area contributed by atoms with Crippen LogP contribution in [0.1, 0.15) is 35.7 Å². The Balaban J connectivity index is 0.00000324. The molecule has 0 bridgehead atoms. The minimum Gasteiger partial charge on any atom is -0.478 e. The molecule has 176 valence electrons. The number of nitrogens with one attached hydrogen (secondary N) is 2. The molecule has 3 heterocycles. The number of hydrogen-bond donors (Lipinski definition) is 2. The van der Waals surface area contributed by atoms with Crippen LogP contribution in [-0.2, 0) is 0 Å². The first-order valence-electron chi connectivity index (χ1n) is 10.9. The van der Waals surface area contributed by atoms with Crippen LogP contribution in [0.25, 0.3) is 22.2 Å². The van der Waals surface area contributed by atoms with Gasteiger partial charge in [0.05, 0.1) is 23.4 Å². The van der Waals surface area contributed by atoms with Crippen molar-refractivity contribution in [2.24, 2.45) is 0 Å². The van der Waals surface area contributed by atoms with Gasteiger partial charge >= 0.3 is 0 Å². The normalized spacial score (nSPS) is 11.4. The van der Waals surface area contributed by atoms with Crippen LogP contribution in [0.4, 0.5) is 5.82 Å². The van der Waals surface area contributed by atoms with Crippen LogP contribution < -0.4 is 15.4 Å². The van der Waals surface area contributed by atoms with Gasteiger partial charge in [-0.1, -0.05) is 25.1 Å². The van der Waals surface area contributed by atoms with Crippen molar-refractivity contribution in [3.63, 3.8) is 0 Å². The maximum absolute atomic E-state index is 12.2. The second kappa shape index (κ2) is 11.4. The molecule has 2 N–H and O–H groups in total. The highest BCUT2D eigenvalue weighted by Gasteiger charge is 2.15. The number of pyridine rings is 2. The number of carbonyl (C=O) groups is 1. The molecular formula is C25H28N6O2S. The van der Waals surface area contributed by atoms with Crippen LogP contribution in [0.3, 0.4) is 0 Å². The van der Waals surface area contributed by atoms with Crippen LogP contribution in [0.5, 0.6) is 5.88 Å². The second-order valence-corrected chi connectivity index (χ2v) is 7.57. The van der Waals surface area contributed by atoms with Gasteiger partial charge in [0.15, 0.2) is 0 Å². The Kier molecular flexibility index (Phi) is 8.37. The third kappa shape index (κ3) is 5.43. The number of fused-ring (bicyclic) bond motifs is 1. The van der Waals surface area contributed by atoms with E-state index in [0.29, 0.717) is 24.6 Å². The number of carbonyl (C=O) groups excluding carboxylic acids is 1. The van der Waals surface area contributed by atoms with Gasteiger partial charge in [-0.15, -0.1) is 0 Å². The molecule has 0 aliphatic rings. The average molecular weight is 477 g/mol. The number of para-hydroxylation sites is 1. The quantitative estimate of drug-likeness (QED) is 0.393. The molecule has 9 heteroatoms. The molecular weight excluding hydrogens is 448 g/mol. The van der Waals surface area contributed by atoms with E-state index in [0.717, 1.165) is 33.5 Å². The largest absolute Gasteiger partial charge is 0.478 e. The van der Waals surface area contributed by atoms with E-state index in [4.69, 9.17) is 4.74 Å². The summed E-state index contributed by atoms with van der Waals surface area (Å²) in [6.07, 6.45) is 4.96. The lowest BCUT2D eigenvalue weighted by Gasteiger charge is -2.16. The lowest BCUT2D eigenvalue weighted by Crippen LogP contribution is -2.18. The summed E-state index contributed by atoms with van der Waals surface area (Å²) in [4.78, 5) is 29.8. The molecule has 4 rings (SSSR count). The fraction of sp³-hybridized carbons (Fsp3) is 0.240. The van der Waals surface area contributed by atoms with Crippen LogP contribution in [0, 0.1) is 0 Å². The predicted molar refractivity (Wildman–Crippen MR) is 139 cm³/mol. The average Bonchev–Trinajstić information content (AvgIpc) is 2.87. The number of hydrogen-bond acceptors (Lipinski definition) is 7. The van der Waals surface area contributed by atoms with Gasteiger partial charge in [-0.2, -0.15) is 13.5 Å². The third-order valence-corrected chi connectivity index (χ3v) is 5.39. The second-order valence-electron chi connectivity index (χ2n) is 7.57. The molecule has 0 radical (unpaired) electrons. The first kappa shape index (κ1) is 24.9. The SMILES string of the molecule is CCOc1ccc(-c2cc(NC[C@@H](C)c3cccc4c(C(=O)NC)ccnc34)ncn2)cn1.S. The van der Waals surface area contributed by atoms with Gasteiger partial charge in [0.1, 0.15) is 12.1 Å².